The highest BCUT2D eigenvalue weighted by atomic mass is 32.2. The molecule has 248 valence electrons. The van der Waals surface area contributed by atoms with Gasteiger partial charge in [0.25, 0.3) is 0 Å². The average molecular weight is 621 g/mol. The molecule has 2 heteroatoms. The van der Waals surface area contributed by atoms with Crippen LogP contribution in [0.25, 0.3) is 0 Å². The first-order valence-electron chi connectivity index (χ1n) is 16.8. The quantitative estimate of drug-likeness (QED) is 0.182. The molecule has 1 heterocycles. The summed E-state index contributed by atoms with van der Waals surface area (Å²) in [5.74, 6) is 10.4. The molecule has 0 radical (unpaired) electrons. The van der Waals surface area contributed by atoms with Crippen molar-refractivity contribution in [2.24, 2.45) is 29.1 Å². The highest BCUT2D eigenvalue weighted by Gasteiger charge is 2.25. The Morgan fingerprint density at radius 2 is 1.57 bits per heavy atom. The minimum atomic E-state index is 0.414. The number of hydrogen-bond acceptors (Lipinski definition) is 1. The van der Waals surface area contributed by atoms with Crippen LogP contribution in [-0.2, 0) is 0 Å². The second-order valence-corrected chi connectivity index (χ2v) is 14.2. The second-order valence-electron chi connectivity index (χ2n) is 12.2. The lowest BCUT2D eigenvalue weighted by Crippen LogP contribution is -2.21. The van der Waals surface area contributed by atoms with E-state index in [2.05, 4.69) is 124 Å². The molecule has 1 saturated heterocycles. The predicted octanol–water partition coefficient (Wildman–Crippen LogP) is 13.9. The molecule has 1 fully saturated rings. The number of thiol groups is 1. The van der Waals surface area contributed by atoms with Gasteiger partial charge in [-0.05, 0) is 86.4 Å². The Balaban J connectivity index is -0.000000223. The first-order chi connectivity index (χ1) is 19.9. The smallest absolute Gasteiger partial charge is 0.00969 e. The molecule has 1 aliphatic carbocycles. The molecule has 0 aromatic heterocycles. The van der Waals surface area contributed by atoms with Gasteiger partial charge in [-0.15, -0.1) is 6.58 Å². The van der Waals surface area contributed by atoms with Crippen molar-refractivity contribution in [2.45, 2.75) is 128 Å². The number of hydrogen-bond donors (Lipinski definition) is 1. The summed E-state index contributed by atoms with van der Waals surface area (Å²) in [7, 11) is 0.530. The SMILES string of the molecule is C=CC.C=S1CCCC(C)C1.CC.CCC(C)C(C)CC1(C)C=CC=CC1.CCCC(C)C.CS.Cc1ccccc1. The van der Waals surface area contributed by atoms with Gasteiger partial charge in [0.1, 0.15) is 0 Å². The van der Waals surface area contributed by atoms with Crippen LogP contribution in [-0.4, -0.2) is 23.6 Å². The third-order valence-corrected chi connectivity index (χ3v) is 9.10. The lowest BCUT2D eigenvalue weighted by atomic mass is 9.73. The van der Waals surface area contributed by atoms with Crippen LogP contribution in [0.5, 0.6) is 0 Å². The zero-order valence-electron chi connectivity index (χ0n) is 30.7. The molecule has 1 aromatic carbocycles. The van der Waals surface area contributed by atoms with Gasteiger partial charge >= 0.3 is 0 Å². The molecule has 0 bridgehead atoms. The van der Waals surface area contributed by atoms with E-state index in [-0.39, 0.29) is 0 Å². The molecule has 2 aliphatic rings. The molecule has 0 N–H and O–H groups in total. The van der Waals surface area contributed by atoms with Gasteiger partial charge in [-0.3, -0.25) is 0 Å². The van der Waals surface area contributed by atoms with E-state index in [1.54, 1.807) is 12.3 Å². The van der Waals surface area contributed by atoms with E-state index in [1.807, 2.05) is 39.0 Å². The lowest BCUT2D eigenvalue weighted by Gasteiger charge is -2.32. The minimum Gasteiger partial charge on any atom is -0.193 e. The zero-order valence-corrected chi connectivity index (χ0v) is 32.4. The van der Waals surface area contributed by atoms with E-state index in [0.717, 1.165) is 23.7 Å². The third-order valence-electron chi connectivity index (χ3n) is 7.19. The van der Waals surface area contributed by atoms with E-state index in [0.29, 0.717) is 15.9 Å². The molecule has 42 heavy (non-hydrogen) atoms. The monoisotopic (exact) mass is 621 g/mol. The first kappa shape index (κ1) is 47.9. The van der Waals surface area contributed by atoms with Crippen LogP contribution in [0.15, 0.2) is 67.3 Å². The molecule has 0 amide bonds. The lowest BCUT2D eigenvalue weighted by molar-refractivity contribution is 0.254. The Labute approximate surface area is 275 Å². The van der Waals surface area contributed by atoms with Crippen LogP contribution in [0.2, 0.25) is 0 Å². The van der Waals surface area contributed by atoms with Gasteiger partial charge in [0.15, 0.2) is 0 Å². The first-order valence-corrected chi connectivity index (χ1v) is 19.4. The van der Waals surface area contributed by atoms with Gasteiger partial charge in [-0.2, -0.15) is 23.1 Å². The summed E-state index contributed by atoms with van der Waals surface area (Å²) in [5.41, 5.74) is 1.74. The summed E-state index contributed by atoms with van der Waals surface area (Å²) in [6.07, 6.45) is 21.9. The van der Waals surface area contributed by atoms with Gasteiger partial charge in [0.05, 0.1) is 0 Å². The fraction of sp³-hybridized carbons (Fsp3) is 0.675. The predicted molar refractivity (Wildman–Crippen MR) is 210 cm³/mol. The van der Waals surface area contributed by atoms with Crippen molar-refractivity contribution in [3.8, 4) is 0 Å². The van der Waals surface area contributed by atoms with Crippen LogP contribution in [0, 0.1) is 36.0 Å². The highest BCUT2D eigenvalue weighted by molar-refractivity contribution is 8.14. The average Bonchev–Trinajstić information content (AvgIpc) is 2.96. The fourth-order valence-corrected chi connectivity index (χ4v) is 6.29. The van der Waals surface area contributed by atoms with E-state index >= 15 is 0 Å². The maximum absolute atomic E-state index is 4.08. The van der Waals surface area contributed by atoms with Gasteiger partial charge in [0, 0.05) is 0 Å². The van der Waals surface area contributed by atoms with Crippen molar-refractivity contribution in [3.63, 3.8) is 0 Å². The van der Waals surface area contributed by atoms with Crippen molar-refractivity contribution in [3.05, 3.63) is 72.9 Å². The van der Waals surface area contributed by atoms with Crippen molar-refractivity contribution >= 4 is 29.0 Å². The molecule has 0 saturated carbocycles. The van der Waals surface area contributed by atoms with E-state index < -0.39 is 0 Å². The molecule has 3 rings (SSSR count). The second kappa shape index (κ2) is 34.5. The standard InChI is InChI=1S/C14H24.C7H14S.C7H8.C6H14.C3H6.C2H6.CH4S/c1-5-12(2)13(3)11-14(4)9-7-6-8-10-14;1-7-4-3-5-8(2)6-7;1-7-5-3-2-4-6-7;1-4-5-6(2)3;1-3-2;2*1-2/h6-9,12-13H,5,10-11H2,1-4H3;7H,2-6H2,1H3;2-6H,1H3;6H,4-5H2,1-3H3;3H,1H2,2H3;1-2H3;2H,1H3. The number of benzene rings is 1. The van der Waals surface area contributed by atoms with Crippen LogP contribution >= 0.6 is 23.1 Å². The summed E-state index contributed by atoms with van der Waals surface area (Å²) in [6, 6.07) is 10.3. The topological polar surface area (TPSA) is 0 Å². The van der Waals surface area contributed by atoms with Crippen molar-refractivity contribution in [2.75, 3.05) is 17.8 Å². The molecule has 1 aliphatic heterocycles. The van der Waals surface area contributed by atoms with Crippen molar-refractivity contribution in [1.82, 2.24) is 0 Å². The normalized spacial score (nSPS) is 21.1. The van der Waals surface area contributed by atoms with Crippen LogP contribution in [0.3, 0.4) is 0 Å². The number of allylic oxidation sites excluding steroid dienone is 5. The summed E-state index contributed by atoms with van der Waals surface area (Å²) >= 11 is 3.53. The molecular formula is C40H76S2. The summed E-state index contributed by atoms with van der Waals surface area (Å²) < 4.78 is 0. The van der Waals surface area contributed by atoms with Gasteiger partial charge in [-0.1, -0.05) is 161 Å². The largest absolute Gasteiger partial charge is 0.193 e. The van der Waals surface area contributed by atoms with Crippen LogP contribution in [0.4, 0.5) is 0 Å². The van der Waals surface area contributed by atoms with Gasteiger partial charge < -0.3 is 0 Å². The highest BCUT2D eigenvalue weighted by Crippen LogP contribution is 2.36. The molecular weight excluding hydrogens is 545 g/mol. The molecule has 0 nitrogen and oxygen atoms in total. The summed E-state index contributed by atoms with van der Waals surface area (Å²) in [4.78, 5) is 0. The molecule has 0 spiro atoms. The zero-order chi connectivity index (χ0) is 33.4. The Kier molecular flexibility index (Phi) is 39.4. The number of rotatable bonds is 6. The Morgan fingerprint density at radius 3 is 1.86 bits per heavy atom. The van der Waals surface area contributed by atoms with Gasteiger partial charge in [-0.25, -0.2) is 0 Å². The van der Waals surface area contributed by atoms with Crippen molar-refractivity contribution < 1.29 is 0 Å². The van der Waals surface area contributed by atoms with E-state index in [1.165, 1.54) is 62.0 Å². The Bertz CT molecular complexity index is 746. The van der Waals surface area contributed by atoms with Crippen LogP contribution in [0.1, 0.15) is 127 Å². The van der Waals surface area contributed by atoms with Crippen LogP contribution < -0.4 is 0 Å². The fourth-order valence-electron chi connectivity index (χ4n) is 4.58. The molecule has 5 unspecified atom stereocenters. The van der Waals surface area contributed by atoms with Gasteiger partial charge in [0.2, 0.25) is 0 Å². The van der Waals surface area contributed by atoms with E-state index in [4.69, 9.17) is 0 Å². The van der Waals surface area contributed by atoms with E-state index in [9.17, 15) is 0 Å². The number of aryl methyl sites for hydroxylation is 1. The Morgan fingerprint density at radius 1 is 1.02 bits per heavy atom. The van der Waals surface area contributed by atoms with Crippen molar-refractivity contribution in [1.29, 1.82) is 0 Å². The minimum absolute atomic E-state index is 0.414. The third kappa shape index (κ3) is 33.5. The summed E-state index contributed by atoms with van der Waals surface area (Å²) in [5, 5.41) is 0. The molecule has 1 aromatic rings. The Hall–Kier alpha value is -0.990. The maximum Gasteiger partial charge on any atom is -0.00969 e. The summed E-state index contributed by atoms with van der Waals surface area (Å²) in [6.45, 7) is 29.8. The maximum atomic E-state index is 4.08. The molecule has 5 atom stereocenters.